The predicted molar refractivity (Wildman–Crippen MR) is 67.5 cm³/mol. The number of piperidine rings is 1. The molecule has 0 radical (unpaired) electrons. The molecule has 2 amide bonds. The van der Waals surface area contributed by atoms with Gasteiger partial charge in [-0.3, -0.25) is 9.59 Å². The molecule has 96 valence electrons. The fourth-order valence-corrected chi connectivity index (χ4v) is 2.16. The van der Waals surface area contributed by atoms with Gasteiger partial charge in [0.15, 0.2) is 0 Å². The van der Waals surface area contributed by atoms with Gasteiger partial charge in [0.2, 0.25) is 11.8 Å². The number of likely N-dealkylation sites (tertiary alicyclic amines) is 1. The van der Waals surface area contributed by atoms with Crippen molar-refractivity contribution in [2.24, 2.45) is 0 Å². The average Bonchev–Trinajstić information content (AvgIpc) is 2.28. The van der Waals surface area contributed by atoms with Crippen LogP contribution in [0.15, 0.2) is 11.6 Å². The van der Waals surface area contributed by atoms with E-state index in [4.69, 9.17) is 0 Å². The Kier molecular flexibility index (Phi) is 5.19. The number of carbonyl (C=O) groups is 2. The summed E-state index contributed by atoms with van der Waals surface area (Å²) in [6.07, 6.45) is 4.55. The normalized spacial score (nSPS) is 18.1. The van der Waals surface area contributed by atoms with Crippen molar-refractivity contribution in [2.75, 3.05) is 13.1 Å². The van der Waals surface area contributed by atoms with Gasteiger partial charge in [-0.1, -0.05) is 13.0 Å². The Hall–Kier alpha value is -1.32. The molecular formula is C13H22N2O2. The number of nitrogens with one attached hydrogen (secondary N) is 1. The highest BCUT2D eigenvalue weighted by molar-refractivity contribution is 5.92. The number of rotatable bonds is 3. The lowest BCUT2D eigenvalue weighted by Gasteiger charge is -2.32. The molecule has 0 atom stereocenters. The number of amides is 2. The number of hydrogen-bond acceptors (Lipinski definition) is 2. The maximum absolute atomic E-state index is 12.0. The van der Waals surface area contributed by atoms with E-state index in [1.807, 2.05) is 24.8 Å². The van der Waals surface area contributed by atoms with Crippen LogP contribution in [-0.2, 0) is 9.59 Å². The Balaban J connectivity index is 2.44. The maximum atomic E-state index is 12.0. The van der Waals surface area contributed by atoms with Crippen molar-refractivity contribution in [2.45, 2.75) is 46.1 Å². The van der Waals surface area contributed by atoms with E-state index in [9.17, 15) is 9.59 Å². The van der Waals surface area contributed by atoms with E-state index in [1.54, 1.807) is 0 Å². The lowest BCUT2D eigenvalue weighted by Crippen LogP contribution is -2.46. The summed E-state index contributed by atoms with van der Waals surface area (Å²) >= 11 is 0. The van der Waals surface area contributed by atoms with Crippen molar-refractivity contribution in [3.8, 4) is 0 Å². The zero-order valence-electron chi connectivity index (χ0n) is 11.0. The van der Waals surface area contributed by atoms with Crippen LogP contribution in [0.4, 0.5) is 0 Å². The molecule has 0 bridgehead atoms. The van der Waals surface area contributed by atoms with Gasteiger partial charge >= 0.3 is 0 Å². The summed E-state index contributed by atoms with van der Waals surface area (Å²) in [7, 11) is 0. The van der Waals surface area contributed by atoms with Gasteiger partial charge in [0.25, 0.3) is 0 Å². The van der Waals surface area contributed by atoms with Crippen molar-refractivity contribution >= 4 is 11.8 Å². The summed E-state index contributed by atoms with van der Waals surface area (Å²) in [5.74, 6) is 0.143. The molecule has 1 fully saturated rings. The molecule has 0 saturated carbocycles. The van der Waals surface area contributed by atoms with Gasteiger partial charge < -0.3 is 10.2 Å². The smallest absolute Gasteiger partial charge is 0.249 e. The van der Waals surface area contributed by atoms with Crippen LogP contribution in [0.2, 0.25) is 0 Å². The SMILES string of the molecule is CC/C=C(\C)C(=O)N1CCC(NC(C)=O)CC1. The van der Waals surface area contributed by atoms with Crippen molar-refractivity contribution in [3.63, 3.8) is 0 Å². The summed E-state index contributed by atoms with van der Waals surface area (Å²) in [6.45, 7) is 6.90. The molecular weight excluding hydrogens is 216 g/mol. The van der Waals surface area contributed by atoms with Crippen LogP contribution in [0.25, 0.3) is 0 Å². The highest BCUT2D eigenvalue weighted by Crippen LogP contribution is 2.13. The van der Waals surface area contributed by atoms with Crippen LogP contribution in [0.1, 0.15) is 40.0 Å². The van der Waals surface area contributed by atoms with E-state index in [-0.39, 0.29) is 17.9 Å². The minimum Gasteiger partial charge on any atom is -0.353 e. The first-order chi connectivity index (χ1) is 8.04. The third-order valence-corrected chi connectivity index (χ3v) is 3.04. The number of hydrogen-bond donors (Lipinski definition) is 1. The van der Waals surface area contributed by atoms with E-state index >= 15 is 0 Å². The molecule has 0 aromatic heterocycles. The molecule has 0 spiro atoms. The zero-order valence-corrected chi connectivity index (χ0v) is 11.0. The molecule has 1 aliphatic rings. The van der Waals surface area contributed by atoms with Crippen LogP contribution in [0.3, 0.4) is 0 Å². The van der Waals surface area contributed by atoms with Gasteiger partial charge in [0.1, 0.15) is 0 Å². The molecule has 17 heavy (non-hydrogen) atoms. The number of nitrogens with zero attached hydrogens (tertiary/aromatic N) is 1. The first-order valence-corrected chi connectivity index (χ1v) is 6.27. The van der Waals surface area contributed by atoms with E-state index < -0.39 is 0 Å². The Morgan fingerprint density at radius 1 is 1.29 bits per heavy atom. The van der Waals surface area contributed by atoms with E-state index in [0.29, 0.717) is 0 Å². The van der Waals surface area contributed by atoms with E-state index in [1.165, 1.54) is 6.92 Å². The van der Waals surface area contributed by atoms with Gasteiger partial charge in [0, 0.05) is 31.6 Å². The zero-order chi connectivity index (χ0) is 12.8. The highest BCUT2D eigenvalue weighted by atomic mass is 16.2. The molecule has 1 N–H and O–H groups in total. The Labute approximate surface area is 103 Å². The lowest BCUT2D eigenvalue weighted by atomic mass is 10.0. The molecule has 0 aromatic rings. The molecule has 0 unspecified atom stereocenters. The van der Waals surface area contributed by atoms with E-state index in [0.717, 1.165) is 37.9 Å². The fourth-order valence-electron chi connectivity index (χ4n) is 2.16. The molecule has 1 saturated heterocycles. The first kappa shape index (κ1) is 13.7. The minimum absolute atomic E-state index is 0.0110. The summed E-state index contributed by atoms with van der Waals surface area (Å²) in [5.41, 5.74) is 0.825. The molecule has 1 aliphatic heterocycles. The monoisotopic (exact) mass is 238 g/mol. The molecule has 0 aromatic carbocycles. The van der Waals surface area contributed by atoms with Gasteiger partial charge in [-0.25, -0.2) is 0 Å². The van der Waals surface area contributed by atoms with Gasteiger partial charge in [0.05, 0.1) is 0 Å². The second kappa shape index (κ2) is 6.42. The molecule has 4 nitrogen and oxygen atoms in total. The fraction of sp³-hybridized carbons (Fsp3) is 0.692. The molecule has 1 rings (SSSR count). The van der Waals surface area contributed by atoms with Gasteiger partial charge in [-0.2, -0.15) is 0 Å². The van der Waals surface area contributed by atoms with E-state index in [2.05, 4.69) is 5.32 Å². The van der Waals surface area contributed by atoms with Crippen LogP contribution < -0.4 is 5.32 Å². The Bertz CT molecular complexity index is 315. The average molecular weight is 238 g/mol. The third kappa shape index (κ3) is 4.21. The first-order valence-electron chi connectivity index (χ1n) is 6.27. The lowest BCUT2D eigenvalue weighted by molar-refractivity contribution is -0.128. The molecule has 4 heteroatoms. The Morgan fingerprint density at radius 2 is 1.88 bits per heavy atom. The standard InChI is InChI=1S/C13H22N2O2/c1-4-5-10(2)13(17)15-8-6-12(7-9-15)14-11(3)16/h5,12H,4,6-9H2,1-3H3,(H,14,16)/b10-5+. The second-order valence-corrected chi connectivity index (χ2v) is 4.56. The summed E-state index contributed by atoms with van der Waals surface area (Å²) in [6, 6.07) is 0.229. The highest BCUT2D eigenvalue weighted by Gasteiger charge is 2.23. The van der Waals surface area contributed by atoms with Crippen molar-refractivity contribution in [1.82, 2.24) is 10.2 Å². The largest absolute Gasteiger partial charge is 0.353 e. The van der Waals surface area contributed by atoms with Crippen LogP contribution in [0.5, 0.6) is 0 Å². The molecule has 1 heterocycles. The topological polar surface area (TPSA) is 49.4 Å². The van der Waals surface area contributed by atoms with Crippen LogP contribution in [-0.4, -0.2) is 35.8 Å². The van der Waals surface area contributed by atoms with Crippen molar-refractivity contribution in [3.05, 3.63) is 11.6 Å². The second-order valence-electron chi connectivity index (χ2n) is 4.56. The van der Waals surface area contributed by atoms with Gasteiger partial charge in [-0.15, -0.1) is 0 Å². The van der Waals surface area contributed by atoms with Gasteiger partial charge in [-0.05, 0) is 26.2 Å². The third-order valence-electron chi connectivity index (χ3n) is 3.04. The van der Waals surface area contributed by atoms with Crippen molar-refractivity contribution in [1.29, 1.82) is 0 Å². The Morgan fingerprint density at radius 3 is 2.35 bits per heavy atom. The minimum atomic E-state index is 0.0110. The predicted octanol–water partition coefficient (Wildman–Crippen LogP) is 1.47. The molecule has 0 aliphatic carbocycles. The quantitative estimate of drug-likeness (QED) is 0.757. The maximum Gasteiger partial charge on any atom is 0.249 e. The van der Waals surface area contributed by atoms with Crippen LogP contribution in [0, 0.1) is 0 Å². The summed E-state index contributed by atoms with van der Waals surface area (Å²) in [5, 5.41) is 2.90. The summed E-state index contributed by atoms with van der Waals surface area (Å²) < 4.78 is 0. The van der Waals surface area contributed by atoms with Crippen molar-refractivity contribution < 1.29 is 9.59 Å². The number of allylic oxidation sites excluding steroid dienone is 1. The summed E-state index contributed by atoms with van der Waals surface area (Å²) in [4.78, 5) is 24.8. The number of carbonyl (C=O) groups excluding carboxylic acids is 2. The van der Waals surface area contributed by atoms with Crippen LogP contribution >= 0.6 is 0 Å².